The third-order valence-corrected chi connectivity index (χ3v) is 5.07. The normalized spacial score (nSPS) is 18.2. The van der Waals surface area contributed by atoms with Gasteiger partial charge in [0.15, 0.2) is 5.13 Å². The number of carbonyl (C=O) groups is 2. The fraction of sp³-hybridized carbons (Fsp3) is 0.0500. The Kier molecular flexibility index (Phi) is 5.58. The highest BCUT2D eigenvalue weighted by atomic mass is 35.5. The number of anilines is 1. The molecule has 5 nitrogen and oxygen atoms in total. The summed E-state index contributed by atoms with van der Waals surface area (Å²) in [6.45, 7) is 0. The van der Waals surface area contributed by atoms with Gasteiger partial charge in [0, 0.05) is 17.1 Å². The minimum absolute atomic E-state index is 0. The number of nitrogens with zero attached hydrogens (tertiary/aromatic N) is 2. The van der Waals surface area contributed by atoms with Crippen LogP contribution in [-0.4, -0.2) is 21.8 Å². The Morgan fingerprint density at radius 3 is 2.36 bits per heavy atom. The quantitative estimate of drug-likeness (QED) is 0.392. The molecule has 1 amide bonds. The minimum atomic E-state index is -0.892. The first-order valence-electron chi connectivity index (χ1n) is 8.09. The molecule has 1 atom stereocenters. The van der Waals surface area contributed by atoms with Crippen molar-refractivity contribution >= 4 is 46.3 Å². The third-order valence-electron chi connectivity index (χ3n) is 4.30. The maximum absolute atomic E-state index is 13.4. The molecule has 1 saturated heterocycles. The standard InChI is InChI=1S/C20H13FN2O3S.ClH/c21-14-8-6-12(7-9-14)16-15(17(24)13-4-2-1-3-5-13)18(25)19(26)23(16)20-22-10-11-27-20;/h1-11,16,24H;1H/b17-15+;. The van der Waals surface area contributed by atoms with Gasteiger partial charge >= 0.3 is 5.91 Å². The lowest BCUT2D eigenvalue weighted by Gasteiger charge is -2.22. The maximum atomic E-state index is 13.4. The first-order chi connectivity index (χ1) is 13.1. The molecule has 0 saturated carbocycles. The SMILES string of the molecule is Cl.O=C1C(=O)N(c2nccs2)C(c2ccc(F)cc2)/C1=C(\O)c1ccccc1. The van der Waals surface area contributed by atoms with Crippen LogP contribution in [0.25, 0.3) is 5.76 Å². The third kappa shape index (κ3) is 3.30. The maximum Gasteiger partial charge on any atom is 0.301 e. The van der Waals surface area contributed by atoms with Crippen molar-refractivity contribution in [3.63, 3.8) is 0 Å². The second-order valence-electron chi connectivity index (χ2n) is 5.90. The summed E-state index contributed by atoms with van der Waals surface area (Å²) in [5, 5.41) is 12.8. The van der Waals surface area contributed by atoms with E-state index in [1.807, 2.05) is 0 Å². The number of aliphatic hydroxyl groups excluding tert-OH is 1. The van der Waals surface area contributed by atoms with E-state index in [1.54, 1.807) is 35.7 Å². The zero-order valence-electron chi connectivity index (χ0n) is 14.3. The van der Waals surface area contributed by atoms with E-state index >= 15 is 0 Å². The molecule has 8 heteroatoms. The van der Waals surface area contributed by atoms with Crippen molar-refractivity contribution in [1.29, 1.82) is 0 Å². The van der Waals surface area contributed by atoms with E-state index in [0.29, 0.717) is 16.3 Å². The molecule has 0 bridgehead atoms. The molecular weight excluding hydrogens is 403 g/mol. The highest BCUT2D eigenvalue weighted by Gasteiger charge is 2.47. The number of rotatable bonds is 3. The molecule has 1 unspecified atom stereocenters. The summed E-state index contributed by atoms with van der Waals surface area (Å²) in [5.74, 6) is -2.30. The first-order valence-corrected chi connectivity index (χ1v) is 8.97. The van der Waals surface area contributed by atoms with E-state index in [0.717, 1.165) is 0 Å². The summed E-state index contributed by atoms with van der Waals surface area (Å²) in [6, 6.07) is 13.1. The molecule has 1 aliphatic heterocycles. The molecular formula is C20H14ClFN2O3S. The van der Waals surface area contributed by atoms with Crippen LogP contribution in [0.3, 0.4) is 0 Å². The molecule has 1 N–H and O–H groups in total. The van der Waals surface area contributed by atoms with Gasteiger partial charge in [-0.2, -0.15) is 0 Å². The Morgan fingerprint density at radius 1 is 1.07 bits per heavy atom. The summed E-state index contributed by atoms with van der Waals surface area (Å²) in [7, 11) is 0. The van der Waals surface area contributed by atoms with Crippen LogP contribution >= 0.6 is 23.7 Å². The fourth-order valence-electron chi connectivity index (χ4n) is 3.08. The molecule has 0 aliphatic carbocycles. The van der Waals surface area contributed by atoms with Crippen LogP contribution in [0.1, 0.15) is 17.2 Å². The van der Waals surface area contributed by atoms with Gasteiger partial charge in [0.05, 0.1) is 11.6 Å². The van der Waals surface area contributed by atoms with Gasteiger partial charge in [-0.25, -0.2) is 9.37 Å². The average Bonchev–Trinajstić information content (AvgIpc) is 3.30. The van der Waals surface area contributed by atoms with Crippen molar-refractivity contribution in [2.45, 2.75) is 6.04 Å². The molecule has 4 rings (SSSR count). The van der Waals surface area contributed by atoms with Crippen LogP contribution in [0.2, 0.25) is 0 Å². The summed E-state index contributed by atoms with van der Waals surface area (Å²) >= 11 is 1.20. The molecule has 1 aromatic heterocycles. The van der Waals surface area contributed by atoms with E-state index in [4.69, 9.17) is 0 Å². The van der Waals surface area contributed by atoms with Crippen molar-refractivity contribution in [3.05, 3.63) is 88.7 Å². The van der Waals surface area contributed by atoms with Gasteiger partial charge in [-0.05, 0) is 17.7 Å². The largest absolute Gasteiger partial charge is 0.507 e. The van der Waals surface area contributed by atoms with Gasteiger partial charge in [0.1, 0.15) is 11.6 Å². The second-order valence-corrected chi connectivity index (χ2v) is 6.77. The number of amides is 1. The van der Waals surface area contributed by atoms with E-state index in [-0.39, 0.29) is 23.7 Å². The summed E-state index contributed by atoms with van der Waals surface area (Å²) in [4.78, 5) is 30.9. The van der Waals surface area contributed by atoms with Crippen molar-refractivity contribution in [2.24, 2.45) is 0 Å². The van der Waals surface area contributed by atoms with E-state index in [9.17, 15) is 19.1 Å². The summed E-state index contributed by atoms with van der Waals surface area (Å²) in [5.41, 5.74) is 0.873. The summed E-state index contributed by atoms with van der Waals surface area (Å²) < 4.78 is 13.4. The fourth-order valence-corrected chi connectivity index (χ4v) is 3.74. The van der Waals surface area contributed by atoms with E-state index in [1.165, 1.54) is 46.7 Å². The van der Waals surface area contributed by atoms with Crippen LogP contribution < -0.4 is 4.90 Å². The molecule has 0 spiro atoms. The molecule has 28 heavy (non-hydrogen) atoms. The Labute approximate surface area is 170 Å². The number of Topliss-reactive ketones (excluding diaryl/α,β-unsaturated/α-hetero) is 1. The van der Waals surface area contributed by atoms with Crippen molar-refractivity contribution in [3.8, 4) is 0 Å². The van der Waals surface area contributed by atoms with Gasteiger partial charge in [0.2, 0.25) is 0 Å². The van der Waals surface area contributed by atoms with Crippen LogP contribution in [0.5, 0.6) is 0 Å². The summed E-state index contributed by atoms with van der Waals surface area (Å²) in [6.07, 6.45) is 1.53. The molecule has 1 aliphatic rings. The van der Waals surface area contributed by atoms with Crippen LogP contribution in [0, 0.1) is 5.82 Å². The first kappa shape index (κ1) is 19.7. The zero-order chi connectivity index (χ0) is 19.0. The number of aromatic nitrogens is 1. The lowest BCUT2D eigenvalue weighted by Crippen LogP contribution is -2.29. The molecule has 142 valence electrons. The predicted molar refractivity (Wildman–Crippen MR) is 107 cm³/mol. The zero-order valence-corrected chi connectivity index (χ0v) is 15.9. The van der Waals surface area contributed by atoms with Gasteiger partial charge in [-0.3, -0.25) is 14.5 Å². The predicted octanol–water partition coefficient (Wildman–Crippen LogP) is 4.33. The van der Waals surface area contributed by atoms with Crippen molar-refractivity contribution in [2.75, 3.05) is 4.90 Å². The molecule has 2 aromatic carbocycles. The van der Waals surface area contributed by atoms with Gasteiger partial charge < -0.3 is 5.11 Å². The molecule has 3 aromatic rings. The van der Waals surface area contributed by atoms with Gasteiger partial charge in [0.25, 0.3) is 5.78 Å². The number of carbonyl (C=O) groups excluding carboxylic acids is 2. The lowest BCUT2D eigenvalue weighted by molar-refractivity contribution is -0.132. The Bertz CT molecular complexity index is 1040. The average molecular weight is 417 g/mol. The number of benzene rings is 2. The number of halogens is 2. The highest BCUT2D eigenvalue weighted by Crippen LogP contribution is 2.42. The monoisotopic (exact) mass is 416 g/mol. The highest BCUT2D eigenvalue weighted by molar-refractivity contribution is 7.14. The molecule has 0 radical (unpaired) electrons. The number of hydrogen-bond acceptors (Lipinski definition) is 5. The second kappa shape index (κ2) is 7.92. The number of ketones is 1. The van der Waals surface area contributed by atoms with E-state index < -0.39 is 23.5 Å². The minimum Gasteiger partial charge on any atom is -0.507 e. The number of aliphatic hydroxyl groups is 1. The Balaban J connectivity index is 0.00000225. The molecule has 2 heterocycles. The van der Waals surface area contributed by atoms with Crippen LogP contribution in [0.15, 0.2) is 71.7 Å². The number of hydrogen-bond donors (Lipinski definition) is 1. The van der Waals surface area contributed by atoms with Crippen LogP contribution in [-0.2, 0) is 9.59 Å². The Hall–Kier alpha value is -3.03. The van der Waals surface area contributed by atoms with Crippen LogP contribution in [0.4, 0.5) is 9.52 Å². The smallest absolute Gasteiger partial charge is 0.301 e. The topological polar surface area (TPSA) is 70.5 Å². The Morgan fingerprint density at radius 2 is 1.75 bits per heavy atom. The van der Waals surface area contributed by atoms with Crippen molar-refractivity contribution in [1.82, 2.24) is 4.98 Å². The van der Waals surface area contributed by atoms with Gasteiger partial charge in [-0.1, -0.05) is 42.5 Å². The van der Waals surface area contributed by atoms with E-state index in [2.05, 4.69) is 4.98 Å². The van der Waals surface area contributed by atoms with Gasteiger partial charge in [-0.15, -0.1) is 23.7 Å². The number of thiazole rings is 1. The lowest BCUT2D eigenvalue weighted by atomic mass is 9.95. The van der Waals surface area contributed by atoms with Crippen molar-refractivity contribution < 1.29 is 19.1 Å². The molecule has 1 fully saturated rings.